The van der Waals surface area contributed by atoms with Crippen molar-refractivity contribution in [3.05, 3.63) is 84.7 Å². The monoisotopic (exact) mass is 568 g/mol. The van der Waals surface area contributed by atoms with Crippen LogP contribution >= 0.6 is 11.8 Å². The summed E-state index contributed by atoms with van der Waals surface area (Å²) in [6.45, 7) is 2.02. The van der Waals surface area contributed by atoms with E-state index in [9.17, 15) is 23.1 Å². The fourth-order valence-corrected chi connectivity index (χ4v) is 5.03. The van der Waals surface area contributed by atoms with Gasteiger partial charge in [-0.2, -0.15) is 4.99 Å². The summed E-state index contributed by atoms with van der Waals surface area (Å²) in [4.78, 5) is 22.8. The molecule has 0 bridgehead atoms. The van der Waals surface area contributed by atoms with Gasteiger partial charge in [0.15, 0.2) is 11.0 Å². The van der Waals surface area contributed by atoms with Crippen molar-refractivity contribution < 1.29 is 27.8 Å². The van der Waals surface area contributed by atoms with Gasteiger partial charge in [-0.1, -0.05) is 36.9 Å². The Hall–Kier alpha value is -4.36. The SMILES string of the molecule is CCc1ccccc1N1C(=NC(=O)Nc2ccc(-c3ncn(-c4ccc(OC(F)(F)F)cc4)n3)cc2)SCC1O. The van der Waals surface area contributed by atoms with Crippen LogP contribution in [0.5, 0.6) is 5.75 Å². The lowest BCUT2D eigenvalue weighted by Gasteiger charge is -2.24. The topological polar surface area (TPSA) is 105 Å². The summed E-state index contributed by atoms with van der Waals surface area (Å²) < 4.78 is 42.4. The fraction of sp³-hybridized carbons (Fsp3) is 0.185. The predicted molar refractivity (Wildman–Crippen MR) is 147 cm³/mol. The van der Waals surface area contributed by atoms with E-state index >= 15 is 0 Å². The number of anilines is 2. The second-order valence-electron chi connectivity index (χ2n) is 8.60. The number of ether oxygens (including phenoxy) is 1. The van der Waals surface area contributed by atoms with Gasteiger partial charge in [-0.3, -0.25) is 4.90 Å². The van der Waals surface area contributed by atoms with Gasteiger partial charge in [-0.15, -0.1) is 18.3 Å². The number of nitrogens with zero attached hydrogens (tertiary/aromatic N) is 5. The Kier molecular flexibility index (Phi) is 7.76. The molecule has 1 atom stereocenters. The van der Waals surface area contributed by atoms with Gasteiger partial charge < -0.3 is 15.2 Å². The maximum Gasteiger partial charge on any atom is 0.573 e. The zero-order valence-electron chi connectivity index (χ0n) is 21.0. The number of aliphatic imine (C=N–C) groups is 1. The number of alkyl halides is 3. The van der Waals surface area contributed by atoms with Crippen LogP contribution in [0, 0.1) is 0 Å². The number of carbonyl (C=O) groups is 1. The number of rotatable bonds is 6. The second-order valence-corrected chi connectivity index (χ2v) is 9.59. The van der Waals surface area contributed by atoms with Gasteiger partial charge in [-0.05, 0) is 66.6 Å². The Morgan fingerprint density at radius 1 is 1.12 bits per heavy atom. The molecule has 0 radical (unpaired) electrons. The fourth-order valence-electron chi connectivity index (χ4n) is 4.08. The number of halogens is 3. The molecule has 1 aliphatic rings. The standard InChI is InChI=1S/C27H23F3N6O3S/c1-2-17-5-3-4-6-22(17)36-23(37)15-40-26(36)33-25(38)32-19-9-7-18(8-10-19)24-31-16-35(34-24)20-11-13-21(14-12-20)39-27(28,29)30/h3-14,16,23,37H,2,15H2,1H3,(H,32,38). The molecule has 40 heavy (non-hydrogen) atoms. The molecule has 1 fully saturated rings. The van der Waals surface area contributed by atoms with Crippen molar-refractivity contribution in [3.8, 4) is 22.8 Å². The van der Waals surface area contributed by atoms with Crippen LogP contribution in [0.3, 0.4) is 0 Å². The first kappa shape index (κ1) is 27.2. The van der Waals surface area contributed by atoms with Crippen LogP contribution in [-0.4, -0.2) is 49.4 Å². The lowest BCUT2D eigenvalue weighted by atomic mass is 10.1. The highest BCUT2D eigenvalue weighted by Crippen LogP contribution is 2.32. The van der Waals surface area contributed by atoms with E-state index in [0.717, 1.165) is 17.7 Å². The molecule has 2 heterocycles. The molecule has 4 aromatic rings. The van der Waals surface area contributed by atoms with Crippen molar-refractivity contribution >= 4 is 34.3 Å². The van der Waals surface area contributed by atoms with Gasteiger partial charge in [0.05, 0.1) is 5.69 Å². The van der Waals surface area contributed by atoms with Crippen molar-refractivity contribution in [2.75, 3.05) is 16.0 Å². The van der Waals surface area contributed by atoms with Gasteiger partial charge in [-0.25, -0.2) is 14.5 Å². The van der Waals surface area contributed by atoms with Crippen molar-refractivity contribution in [3.63, 3.8) is 0 Å². The number of benzene rings is 3. The van der Waals surface area contributed by atoms with E-state index < -0.39 is 18.6 Å². The largest absolute Gasteiger partial charge is 0.573 e. The number of amides is 2. The Morgan fingerprint density at radius 2 is 1.85 bits per heavy atom. The summed E-state index contributed by atoms with van der Waals surface area (Å²) in [6, 6.07) is 19.2. The molecule has 3 aromatic carbocycles. The Bertz CT molecular complexity index is 1520. The number of carbonyl (C=O) groups excluding carboxylic acids is 1. The highest BCUT2D eigenvalue weighted by Gasteiger charge is 2.32. The van der Waals surface area contributed by atoms with Crippen molar-refractivity contribution in [1.82, 2.24) is 14.8 Å². The van der Waals surface area contributed by atoms with Crippen molar-refractivity contribution in [1.29, 1.82) is 0 Å². The molecule has 1 saturated heterocycles. The van der Waals surface area contributed by atoms with Crippen LogP contribution in [0.15, 0.2) is 84.1 Å². The van der Waals surface area contributed by atoms with Crippen LogP contribution in [0.2, 0.25) is 0 Å². The molecule has 0 spiro atoms. The molecule has 2 N–H and O–H groups in total. The molecular formula is C27H23F3N6O3S. The predicted octanol–water partition coefficient (Wildman–Crippen LogP) is 5.86. The smallest absolute Gasteiger partial charge is 0.406 e. The zero-order valence-corrected chi connectivity index (χ0v) is 21.9. The summed E-state index contributed by atoms with van der Waals surface area (Å²) in [5.41, 5.74) is 3.52. The summed E-state index contributed by atoms with van der Waals surface area (Å²) >= 11 is 1.30. The number of aliphatic hydroxyl groups is 1. The number of aromatic nitrogens is 3. The third kappa shape index (κ3) is 6.26. The van der Waals surface area contributed by atoms with E-state index in [2.05, 4.69) is 25.1 Å². The minimum Gasteiger partial charge on any atom is -0.406 e. The molecular weight excluding hydrogens is 545 g/mol. The molecule has 0 saturated carbocycles. The van der Waals surface area contributed by atoms with Gasteiger partial charge in [0.1, 0.15) is 18.3 Å². The van der Waals surface area contributed by atoms with Crippen LogP contribution in [0.25, 0.3) is 17.1 Å². The minimum absolute atomic E-state index is 0.333. The summed E-state index contributed by atoms with van der Waals surface area (Å²) in [5.74, 6) is 0.445. The Morgan fingerprint density at radius 3 is 2.55 bits per heavy atom. The lowest BCUT2D eigenvalue weighted by molar-refractivity contribution is -0.274. The van der Waals surface area contributed by atoms with Crippen LogP contribution < -0.4 is 15.0 Å². The highest BCUT2D eigenvalue weighted by molar-refractivity contribution is 8.14. The third-order valence-electron chi connectivity index (χ3n) is 5.92. The molecule has 2 amide bonds. The van der Waals surface area contributed by atoms with E-state index in [1.54, 1.807) is 29.2 Å². The maximum atomic E-state index is 12.7. The highest BCUT2D eigenvalue weighted by atomic mass is 32.2. The minimum atomic E-state index is -4.76. The molecule has 9 nitrogen and oxygen atoms in total. The average Bonchev–Trinajstić information content (AvgIpc) is 3.56. The van der Waals surface area contributed by atoms with E-state index in [4.69, 9.17) is 0 Å². The first-order chi connectivity index (χ1) is 19.2. The van der Waals surface area contributed by atoms with Crippen LogP contribution in [-0.2, 0) is 6.42 Å². The Balaban J connectivity index is 1.25. The number of aliphatic hydroxyl groups excluding tert-OH is 1. The van der Waals surface area contributed by atoms with E-state index in [0.29, 0.717) is 33.7 Å². The van der Waals surface area contributed by atoms with Crippen LogP contribution in [0.1, 0.15) is 12.5 Å². The number of hydrogen-bond acceptors (Lipinski definition) is 6. The molecule has 5 rings (SSSR count). The number of aryl methyl sites for hydroxylation is 1. The Labute approximate surface area is 231 Å². The zero-order chi connectivity index (χ0) is 28.3. The molecule has 1 aromatic heterocycles. The van der Waals surface area contributed by atoms with Gasteiger partial charge in [0, 0.05) is 22.7 Å². The quantitative estimate of drug-likeness (QED) is 0.300. The van der Waals surface area contributed by atoms with Crippen molar-refractivity contribution in [2.24, 2.45) is 4.99 Å². The summed E-state index contributed by atoms with van der Waals surface area (Å²) in [6.07, 6.45) is -3.34. The number of para-hydroxylation sites is 1. The normalized spacial score (nSPS) is 16.4. The molecule has 13 heteroatoms. The summed E-state index contributed by atoms with van der Waals surface area (Å²) in [5, 5.41) is 18.0. The van der Waals surface area contributed by atoms with Gasteiger partial charge >= 0.3 is 12.4 Å². The van der Waals surface area contributed by atoms with Gasteiger partial charge in [0.2, 0.25) is 0 Å². The number of hydrogen-bond donors (Lipinski definition) is 2. The molecule has 0 aliphatic carbocycles. The molecule has 1 unspecified atom stereocenters. The van der Waals surface area contributed by atoms with E-state index in [1.807, 2.05) is 31.2 Å². The second kappa shape index (κ2) is 11.4. The van der Waals surface area contributed by atoms with Crippen LogP contribution in [0.4, 0.5) is 29.3 Å². The third-order valence-corrected chi connectivity index (χ3v) is 6.93. The molecule has 206 valence electrons. The number of urea groups is 1. The average molecular weight is 569 g/mol. The number of nitrogens with one attached hydrogen (secondary N) is 1. The van der Waals surface area contributed by atoms with E-state index in [1.165, 1.54) is 47.0 Å². The number of thioether (sulfide) groups is 1. The first-order valence-corrected chi connectivity index (χ1v) is 13.1. The lowest BCUT2D eigenvalue weighted by Crippen LogP contribution is -2.35. The number of amidine groups is 1. The summed E-state index contributed by atoms with van der Waals surface area (Å²) in [7, 11) is 0. The van der Waals surface area contributed by atoms with E-state index in [-0.39, 0.29) is 5.75 Å². The molecule has 1 aliphatic heterocycles. The van der Waals surface area contributed by atoms with Crippen molar-refractivity contribution in [2.45, 2.75) is 25.9 Å². The maximum absolute atomic E-state index is 12.7. The van der Waals surface area contributed by atoms with Gasteiger partial charge in [0.25, 0.3) is 0 Å². The first-order valence-electron chi connectivity index (χ1n) is 12.2.